The highest BCUT2D eigenvalue weighted by molar-refractivity contribution is 6.34. The minimum absolute atomic E-state index is 0.0107. The molecular formula is C25H33ClN4O7. The molecule has 12 heteroatoms. The van der Waals surface area contributed by atoms with Crippen molar-refractivity contribution in [2.24, 2.45) is 5.92 Å². The number of nitrogens with zero attached hydrogens (tertiary/aromatic N) is 1. The van der Waals surface area contributed by atoms with Crippen molar-refractivity contribution >= 4 is 46.9 Å². The number of benzene rings is 1. The average Bonchev–Trinajstić information content (AvgIpc) is 3.43. The molecule has 1 aromatic carbocycles. The third-order valence-corrected chi connectivity index (χ3v) is 6.53. The predicted molar refractivity (Wildman–Crippen MR) is 135 cm³/mol. The Morgan fingerprint density at radius 1 is 1.24 bits per heavy atom. The van der Waals surface area contributed by atoms with Gasteiger partial charge in [-0.05, 0) is 43.9 Å². The lowest BCUT2D eigenvalue weighted by atomic mass is 10.0. The molecule has 0 spiro atoms. The Morgan fingerprint density at radius 3 is 2.59 bits per heavy atom. The van der Waals surface area contributed by atoms with E-state index in [-0.39, 0.29) is 34.7 Å². The molecule has 3 rings (SSSR count). The number of ether oxygens (including phenoxy) is 2. The van der Waals surface area contributed by atoms with E-state index in [1.54, 1.807) is 26.8 Å². The molecular weight excluding hydrogens is 504 g/mol. The first kappa shape index (κ1) is 28.4. The van der Waals surface area contributed by atoms with Crippen molar-refractivity contribution in [3.63, 3.8) is 0 Å². The minimum atomic E-state index is -0.903. The van der Waals surface area contributed by atoms with E-state index in [1.165, 1.54) is 24.0 Å². The van der Waals surface area contributed by atoms with Gasteiger partial charge in [-0.3, -0.25) is 24.0 Å². The van der Waals surface area contributed by atoms with E-state index in [1.807, 2.05) is 0 Å². The van der Waals surface area contributed by atoms with Gasteiger partial charge in [0.25, 0.3) is 5.91 Å². The van der Waals surface area contributed by atoms with E-state index < -0.39 is 42.2 Å². The van der Waals surface area contributed by atoms with Gasteiger partial charge in [0.1, 0.15) is 18.1 Å². The van der Waals surface area contributed by atoms with Crippen LogP contribution in [0.3, 0.4) is 0 Å². The lowest BCUT2D eigenvalue weighted by Gasteiger charge is -2.31. The highest BCUT2D eigenvalue weighted by Gasteiger charge is 2.42. The molecule has 2 heterocycles. The van der Waals surface area contributed by atoms with Crippen LogP contribution in [-0.2, 0) is 28.7 Å². The average molecular weight is 537 g/mol. The SMILES string of the molecule is CCO[C@@H]1OC(=O)C[C@H]1NC(=O)[C@@H]1CCCN1C(=O)[C@@H](NC(=O)c1ccc(NC(C)=O)cc1Cl)C(C)C. The zero-order chi connectivity index (χ0) is 27.3. The molecule has 1 aromatic rings. The van der Waals surface area contributed by atoms with E-state index in [4.69, 9.17) is 21.1 Å². The first-order chi connectivity index (χ1) is 17.5. The summed E-state index contributed by atoms with van der Waals surface area (Å²) in [6.07, 6.45) is 0.196. The number of carbonyl (C=O) groups excluding carboxylic acids is 5. The lowest BCUT2D eigenvalue weighted by Crippen LogP contribution is -2.56. The summed E-state index contributed by atoms with van der Waals surface area (Å²) in [7, 11) is 0. The zero-order valence-corrected chi connectivity index (χ0v) is 22.1. The molecule has 4 amide bonds. The number of likely N-dealkylation sites (tertiary alicyclic amines) is 1. The molecule has 0 unspecified atom stereocenters. The van der Waals surface area contributed by atoms with Crippen LogP contribution in [0.4, 0.5) is 5.69 Å². The second-order valence-electron chi connectivity index (χ2n) is 9.39. The molecule has 0 bridgehead atoms. The van der Waals surface area contributed by atoms with Gasteiger partial charge in [0.2, 0.25) is 24.0 Å². The highest BCUT2D eigenvalue weighted by Crippen LogP contribution is 2.24. The Labute approximate surface area is 220 Å². The van der Waals surface area contributed by atoms with Gasteiger partial charge in [-0.2, -0.15) is 0 Å². The van der Waals surface area contributed by atoms with Crippen LogP contribution in [0.1, 0.15) is 57.3 Å². The molecule has 2 saturated heterocycles. The van der Waals surface area contributed by atoms with E-state index in [0.29, 0.717) is 31.7 Å². The molecule has 2 fully saturated rings. The number of carbonyl (C=O) groups is 5. The Hall–Kier alpha value is -3.18. The van der Waals surface area contributed by atoms with Crippen molar-refractivity contribution in [2.75, 3.05) is 18.5 Å². The van der Waals surface area contributed by atoms with Crippen molar-refractivity contribution in [1.29, 1.82) is 0 Å². The summed E-state index contributed by atoms with van der Waals surface area (Å²) < 4.78 is 10.5. The fraction of sp³-hybridized carbons (Fsp3) is 0.560. The Morgan fingerprint density at radius 2 is 1.97 bits per heavy atom. The van der Waals surface area contributed by atoms with Gasteiger partial charge >= 0.3 is 5.97 Å². The summed E-state index contributed by atoms with van der Waals surface area (Å²) in [6, 6.07) is 2.18. The van der Waals surface area contributed by atoms with Gasteiger partial charge < -0.3 is 30.3 Å². The third kappa shape index (κ3) is 6.98. The molecule has 2 aliphatic heterocycles. The summed E-state index contributed by atoms with van der Waals surface area (Å²) in [6.45, 7) is 7.38. The number of nitrogens with one attached hydrogen (secondary N) is 3. The van der Waals surface area contributed by atoms with Crippen LogP contribution >= 0.6 is 11.6 Å². The number of anilines is 1. The molecule has 2 aliphatic rings. The van der Waals surface area contributed by atoms with Gasteiger partial charge in [-0.25, -0.2) is 0 Å². The second-order valence-corrected chi connectivity index (χ2v) is 9.80. The maximum atomic E-state index is 13.5. The van der Waals surface area contributed by atoms with Crippen LogP contribution < -0.4 is 16.0 Å². The van der Waals surface area contributed by atoms with Crippen molar-refractivity contribution in [3.05, 3.63) is 28.8 Å². The van der Waals surface area contributed by atoms with Gasteiger partial charge in [0.15, 0.2) is 0 Å². The number of amides is 4. The molecule has 0 radical (unpaired) electrons. The maximum Gasteiger partial charge on any atom is 0.310 e. The summed E-state index contributed by atoms with van der Waals surface area (Å²) in [5.41, 5.74) is 0.593. The topological polar surface area (TPSA) is 143 Å². The van der Waals surface area contributed by atoms with Crippen molar-refractivity contribution < 1.29 is 33.4 Å². The molecule has 11 nitrogen and oxygen atoms in total. The highest BCUT2D eigenvalue weighted by atomic mass is 35.5. The molecule has 0 aliphatic carbocycles. The van der Waals surface area contributed by atoms with Gasteiger partial charge in [0, 0.05) is 25.8 Å². The summed E-state index contributed by atoms with van der Waals surface area (Å²) in [5.74, 6) is -2.34. The van der Waals surface area contributed by atoms with Gasteiger partial charge in [-0.1, -0.05) is 25.4 Å². The largest absolute Gasteiger partial charge is 0.433 e. The molecule has 202 valence electrons. The number of rotatable bonds is 9. The third-order valence-electron chi connectivity index (χ3n) is 6.21. The standard InChI is InChI=1S/C25H33ClN4O7/c1-5-36-25-18(12-20(32)37-25)28-23(34)19-7-6-10-30(19)24(35)21(13(2)3)29-22(33)16-9-8-15(11-17(16)26)27-14(4)31/h8-9,11,13,18-19,21,25H,5-7,10,12H2,1-4H3,(H,27,31)(H,28,34)(H,29,33)/t18-,19+,21+,25-/m1/s1. The number of hydrogen-bond acceptors (Lipinski definition) is 7. The monoisotopic (exact) mass is 536 g/mol. The number of cyclic esters (lactones) is 1. The van der Waals surface area contributed by atoms with Crippen LogP contribution in [0, 0.1) is 5.92 Å². The van der Waals surface area contributed by atoms with Crippen LogP contribution in [0.2, 0.25) is 5.02 Å². The van der Waals surface area contributed by atoms with Crippen molar-refractivity contribution in [2.45, 2.75) is 71.4 Å². The van der Waals surface area contributed by atoms with Crippen LogP contribution in [0.15, 0.2) is 18.2 Å². The maximum absolute atomic E-state index is 13.5. The Bertz CT molecular complexity index is 1060. The van der Waals surface area contributed by atoms with Crippen molar-refractivity contribution in [3.8, 4) is 0 Å². The normalized spacial score (nSPS) is 21.9. The van der Waals surface area contributed by atoms with Crippen LogP contribution in [0.5, 0.6) is 0 Å². The second kappa shape index (κ2) is 12.4. The van der Waals surface area contributed by atoms with Crippen LogP contribution in [0.25, 0.3) is 0 Å². The molecule has 0 saturated carbocycles. The smallest absolute Gasteiger partial charge is 0.310 e. The molecule has 4 atom stereocenters. The number of esters is 1. The van der Waals surface area contributed by atoms with Gasteiger partial charge in [-0.15, -0.1) is 0 Å². The lowest BCUT2D eigenvalue weighted by molar-refractivity contribution is -0.164. The molecule has 37 heavy (non-hydrogen) atoms. The van der Waals surface area contributed by atoms with Crippen molar-refractivity contribution in [1.82, 2.24) is 15.5 Å². The molecule has 0 aromatic heterocycles. The minimum Gasteiger partial charge on any atom is -0.433 e. The first-order valence-corrected chi connectivity index (χ1v) is 12.7. The fourth-order valence-corrected chi connectivity index (χ4v) is 4.71. The van der Waals surface area contributed by atoms with E-state index in [2.05, 4.69) is 16.0 Å². The predicted octanol–water partition coefficient (Wildman–Crippen LogP) is 1.84. The Balaban J connectivity index is 1.70. The summed E-state index contributed by atoms with van der Waals surface area (Å²) >= 11 is 6.26. The number of halogens is 1. The Kier molecular flexibility index (Phi) is 9.50. The van der Waals surface area contributed by atoms with E-state index >= 15 is 0 Å². The number of hydrogen-bond donors (Lipinski definition) is 3. The summed E-state index contributed by atoms with van der Waals surface area (Å²) in [4.78, 5) is 64.1. The van der Waals surface area contributed by atoms with Crippen LogP contribution in [-0.4, -0.2) is 72.1 Å². The van der Waals surface area contributed by atoms with Gasteiger partial charge in [0.05, 0.1) is 17.0 Å². The van der Waals surface area contributed by atoms with E-state index in [9.17, 15) is 24.0 Å². The zero-order valence-electron chi connectivity index (χ0n) is 21.3. The van der Waals surface area contributed by atoms with E-state index in [0.717, 1.165) is 0 Å². The quantitative estimate of drug-likeness (QED) is 0.408. The molecule has 3 N–H and O–H groups in total. The first-order valence-electron chi connectivity index (χ1n) is 12.3. The fourth-order valence-electron chi connectivity index (χ4n) is 4.44. The summed E-state index contributed by atoms with van der Waals surface area (Å²) in [5, 5.41) is 8.26.